The van der Waals surface area contributed by atoms with Crippen molar-refractivity contribution in [1.29, 1.82) is 0 Å². The van der Waals surface area contributed by atoms with Crippen LogP contribution in [0.2, 0.25) is 0 Å². The van der Waals surface area contributed by atoms with Gasteiger partial charge >= 0.3 is 0 Å². The highest BCUT2D eigenvalue weighted by Crippen LogP contribution is 1.96. The summed E-state index contributed by atoms with van der Waals surface area (Å²) in [6.45, 7) is 3.11. The fourth-order valence-corrected chi connectivity index (χ4v) is 1.09. The van der Waals surface area contributed by atoms with Crippen LogP contribution in [0.5, 0.6) is 0 Å². The molecule has 0 unspecified atom stereocenters. The molecule has 1 heterocycles. The Morgan fingerprint density at radius 2 is 2.46 bits per heavy atom. The van der Waals surface area contributed by atoms with Crippen molar-refractivity contribution in [1.82, 2.24) is 10.3 Å². The quantitative estimate of drug-likeness (QED) is 0.709. The van der Waals surface area contributed by atoms with E-state index in [9.17, 15) is 0 Å². The first-order chi connectivity index (χ1) is 6.33. The molecule has 2 N–H and O–H groups in total. The molecule has 0 fully saturated rings. The molecule has 0 saturated heterocycles. The first kappa shape index (κ1) is 10.2. The fraction of sp³-hybridized carbons (Fsp3) is 0.500. The highest BCUT2D eigenvalue weighted by Gasteiger charge is 1.99. The van der Waals surface area contributed by atoms with E-state index >= 15 is 0 Å². The molecule has 1 atom stereocenters. The maximum atomic E-state index is 8.68. The zero-order chi connectivity index (χ0) is 9.52. The van der Waals surface area contributed by atoms with Gasteiger partial charge in [0.05, 0.1) is 0 Å². The molecule has 0 amide bonds. The molecule has 72 valence electrons. The molecular formula is C10H16N2O. The standard InChI is InChI=1S/C10H16N2O/c1-9(4-6-13)12-8-10-3-2-5-11-7-10/h2-3,5,7,9,12-13H,4,6,8H2,1H3/t9-/m1/s1. The molecule has 0 saturated carbocycles. The van der Waals surface area contributed by atoms with Crippen LogP contribution in [0.3, 0.4) is 0 Å². The third-order valence-electron chi connectivity index (χ3n) is 1.94. The zero-order valence-electron chi connectivity index (χ0n) is 7.90. The third-order valence-corrected chi connectivity index (χ3v) is 1.94. The maximum absolute atomic E-state index is 8.68. The van der Waals surface area contributed by atoms with Gasteiger partial charge in [-0.15, -0.1) is 0 Å². The second-order valence-electron chi connectivity index (χ2n) is 3.16. The van der Waals surface area contributed by atoms with Crippen molar-refractivity contribution < 1.29 is 5.11 Å². The Morgan fingerprint density at radius 1 is 1.62 bits per heavy atom. The molecule has 3 nitrogen and oxygen atoms in total. The van der Waals surface area contributed by atoms with E-state index in [0.717, 1.165) is 13.0 Å². The van der Waals surface area contributed by atoms with E-state index in [1.807, 2.05) is 18.3 Å². The van der Waals surface area contributed by atoms with Gasteiger partial charge in [0.1, 0.15) is 0 Å². The number of aromatic nitrogens is 1. The zero-order valence-corrected chi connectivity index (χ0v) is 7.90. The molecule has 0 radical (unpaired) electrons. The Kier molecular flexibility index (Phi) is 4.43. The van der Waals surface area contributed by atoms with Gasteiger partial charge in [-0.3, -0.25) is 4.98 Å². The molecule has 1 rings (SSSR count). The van der Waals surface area contributed by atoms with E-state index in [0.29, 0.717) is 6.04 Å². The number of pyridine rings is 1. The minimum absolute atomic E-state index is 0.237. The van der Waals surface area contributed by atoms with Crippen molar-refractivity contribution >= 4 is 0 Å². The summed E-state index contributed by atoms with van der Waals surface area (Å²) in [7, 11) is 0. The van der Waals surface area contributed by atoms with Crippen molar-refractivity contribution in [2.24, 2.45) is 0 Å². The summed E-state index contributed by atoms with van der Waals surface area (Å²) < 4.78 is 0. The van der Waals surface area contributed by atoms with E-state index in [4.69, 9.17) is 5.11 Å². The van der Waals surface area contributed by atoms with Gasteiger partial charge < -0.3 is 10.4 Å². The summed E-state index contributed by atoms with van der Waals surface area (Å²) in [6, 6.07) is 4.31. The molecule has 3 heteroatoms. The first-order valence-electron chi connectivity index (χ1n) is 4.56. The van der Waals surface area contributed by atoms with Gasteiger partial charge in [0.15, 0.2) is 0 Å². The van der Waals surface area contributed by atoms with Gasteiger partial charge in [-0.05, 0) is 25.0 Å². The largest absolute Gasteiger partial charge is 0.396 e. The van der Waals surface area contributed by atoms with Crippen molar-refractivity contribution in [2.75, 3.05) is 6.61 Å². The lowest BCUT2D eigenvalue weighted by Crippen LogP contribution is -2.26. The predicted molar refractivity (Wildman–Crippen MR) is 52.2 cm³/mol. The van der Waals surface area contributed by atoms with Crippen molar-refractivity contribution in [3.8, 4) is 0 Å². The smallest absolute Gasteiger partial charge is 0.0445 e. The summed E-state index contributed by atoms with van der Waals surface area (Å²) >= 11 is 0. The van der Waals surface area contributed by atoms with E-state index < -0.39 is 0 Å². The molecular weight excluding hydrogens is 164 g/mol. The van der Waals surface area contributed by atoms with Crippen molar-refractivity contribution in [3.63, 3.8) is 0 Å². The molecule has 0 aliphatic heterocycles. The van der Waals surface area contributed by atoms with E-state index in [2.05, 4.69) is 17.2 Å². The van der Waals surface area contributed by atoms with Crippen LogP contribution in [0.15, 0.2) is 24.5 Å². The van der Waals surface area contributed by atoms with Gasteiger partial charge in [0.25, 0.3) is 0 Å². The number of nitrogens with one attached hydrogen (secondary N) is 1. The Bertz CT molecular complexity index is 226. The number of hydrogen-bond acceptors (Lipinski definition) is 3. The molecule has 0 aromatic carbocycles. The summed E-state index contributed by atoms with van der Waals surface area (Å²) in [5.41, 5.74) is 1.17. The van der Waals surface area contributed by atoms with Crippen LogP contribution >= 0.6 is 0 Å². The van der Waals surface area contributed by atoms with Crippen molar-refractivity contribution in [3.05, 3.63) is 30.1 Å². The third kappa shape index (κ3) is 4.01. The first-order valence-corrected chi connectivity index (χ1v) is 4.56. The Balaban J connectivity index is 2.27. The lowest BCUT2D eigenvalue weighted by molar-refractivity contribution is 0.268. The number of aliphatic hydroxyl groups excluding tert-OH is 1. The van der Waals surface area contributed by atoms with E-state index in [-0.39, 0.29) is 6.61 Å². The Morgan fingerprint density at radius 3 is 3.08 bits per heavy atom. The van der Waals surface area contributed by atoms with Gasteiger partial charge in [0.2, 0.25) is 0 Å². The van der Waals surface area contributed by atoms with Crippen LogP contribution in [0.25, 0.3) is 0 Å². The van der Waals surface area contributed by atoms with Gasteiger partial charge in [-0.1, -0.05) is 6.07 Å². The van der Waals surface area contributed by atoms with E-state index in [1.54, 1.807) is 6.20 Å². The summed E-state index contributed by atoms with van der Waals surface area (Å²) in [5, 5.41) is 12.0. The lowest BCUT2D eigenvalue weighted by atomic mass is 10.2. The molecule has 13 heavy (non-hydrogen) atoms. The van der Waals surface area contributed by atoms with Crippen LogP contribution in [0.4, 0.5) is 0 Å². The van der Waals surface area contributed by atoms with E-state index in [1.165, 1.54) is 5.56 Å². The fourth-order valence-electron chi connectivity index (χ4n) is 1.09. The molecule has 1 aromatic rings. The summed E-state index contributed by atoms with van der Waals surface area (Å²) in [5.74, 6) is 0. The summed E-state index contributed by atoms with van der Waals surface area (Å²) in [6.07, 6.45) is 4.40. The highest BCUT2D eigenvalue weighted by molar-refractivity contribution is 5.07. The number of aliphatic hydroxyl groups is 1. The van der Waals surface area contributed by atoms with Crippen molar-refractivity contribution in [2.45, 2.75) is 25.9 Å². The molecule has 1 aromatic heterocycles. The molecule has 0 aliphatic rings. The maximum Gasteiger partial charge on any atom is 0.0445 e. The average molecular weight is 180 g/mol. The van der Waals surface area contributed by atoms with Gasteiger partial charge in [-0.25, -0.2) is 0 Å². The second-order valence-corrected chi connectivity index (χ2v) is 3.16. The van der Waals surface area contributed by atoms with Crippen LogP contribution in [0, 0.1) is 0 Å². The topological polar surface area (TPSA) is 45.1 Å². The normalized spacial score (nSPS) is 12.8. The Hall–Kier alpha value is -0.930. The van der Waals surface area contributed by atoms with Crippen LogP contribution in [0.1, 0.15) is 18.9 Å². The monoisotopic (exact) mass is 180 g/mol. The minimum Gasteiger partial charge on any atom is -0.396 e. The molecule has 0 bridgehead atoms. The second kappa shape index (κ2) is 5.67. The molecule has 0 spiro atoms. The number of rotatable bonds is 5. The Labute approximate surface area is 78.8 Å². The van der Waals surface area contributed by atoms with Crippen LogP contribution < -0.4 is 5.32 Å². The van der Waals surface area contributed by atoms with Crippen LogP contribution in [-0.2, 0) is 6.54 Å². The SMILES string of the molecule is C[C@H](CCO)NCc1cccnc1. The number of nitrogens with zero attached hydrogens (tertiary/aromatic N) is 1. The average Bonchev–Trinajstić information content (AvgIpc) is 2.17. The lowest BCUT2D eigenvalue weighted by Gasteiger charge is -2.11. The van der Waals surface area contributed by atoms with Crippen LogP contribution in [-0.4, -0.2) is 22.7 Å². The highest BCUT2D eigenvalue weighted by atomic mass is 16.3. The number of hydrogen-bond donors (Lipinski definition) is 2. The predicted octanol–water partition coefficient (Wildman–Crippen LogP) is 0.942. The van der Waals surface area contributed by atoms with Gasteiger partial charge in [-0.2, -0.15) is 0 Å². The summed E-state index contributed by atoms with van der Waals surface area (Å²) in [4.78, 5) is 4.02. The minimum atomic E-state index is 0.237. The molecule has 0 aliphatic carbocycles. The van der Waals surface area contributed by atoms with Gasteiger partial charge in [0, 0.05) is 31.6 Å².